The van der Waals surface area contributed by atoms with Crippen molar-refractivity contribution in [2.75, 3.05) is 0 Å². The fourth-order valence-corrected chi connectivity index (χ4v) is 2.96. The van der Waals surface area contributed by atoms with Crippen LogP contribution in [0, 0.1) is 17.5 Å². The van der Waals surface area contributed by atoms with Crippen LogP contribution in [0.25, 0.3) is 16.8 Å². The summed E-state index contributed by atoms with van der Waals surface area (Å²) in [6.45, 7) is 6.79. The van der Waals surface area contributed by atoms with Crippen molar-refractivity contribution in [3.05, 3.63) is 94.4 Å². The third-order valence-corrected chi connectivity index (χ3v) is 4.60. The van der Waals surface area contributed by atoms with Gasteiger partial charge in [0, 0.05) is 22.8 Å². The normalized spacial score (nSPS) is 11.5. The van der Waals surface area contributed by atoms with Crippen LogP contribution < -0.4 is 0 Å². The van der Waals surface area contributed by atoms with Gasteiger partial charge in [0.1, 0.15) is 17.3 Å². The van der Waals surface area contributed by atoms with Crippen LogP contribution in [-0.2, 0) is 5.60 Å². The number of halogens is 4. The van der Waals surface area contributed by atoms with Crippen LogP contribution in [0.1, 0.15) is 30.7 Å². The average Bonchev–Trinajstić information content (AvgIpc) is 2.64. The van der Waals surface area contributed by atoms with Gasteiger partial charge < -0.3 is 5.11 Å². The number of hydrogen-bond donors (Lipinski definition) is 1. The Bertz CT molecular complexity index is 1060. The van der Waals surface area contributed by atoms with Crippen molar-refractivity contribution in [1.29, 1.82) is 0 Å². The van der Waals surface area contributed by atoms with Crippen molar-refractivity contribution < 1.29 is 18.3 Å². The van der Waals surface area contributed by atoms with E-state index in [1.165, 1.54) is 19.9 Å². The predicted molar refractivity (Wildman–Crippen MR) is 104 cm³/mol. The lowest BCUT2D eigenvalue weighted by molar-refractivity contribution is 0.0744. The molecule has 3 aromatic rings. The zero-order valence-electron chi connectivity index (χ0n) is 15.2. The number of aromatic nitrogens is 1. The lowest BCUT2D eigenvalue weighted by atomic mass is 9.93. The lowest BCUT2D eigenvalue weighted by Crippen LogP contribution is -2.19. The number of hydrogen-bond acceptors (Lipinski definition) is 2. The topological polar surface area (TPSA) is 33.1 Å². The first-order valence-electron chi connectivity index (χ1n) is 8.42. The van der Waals surface area contributed by atoms with Gasteiger partial charge in [-0.2, -0.15) is 0 Å². The maximum atomic E-state index is 15.2. The highest BCUT2D eigenvalue weighted by atomic mass is 35.5. The Labute approximate surface area is 165 Å². The summed E-state index contributed by atoms with van der Waals surface area (Å²) in [7, 11) is 0. The molecule has 0 unspecified atom stereocenters. The zero-order chi connectivity index (χ0) is 20.6. The van der Waals surface area contributed by atoms with E-state index in [0.717, 1.165) is 11.6 Å². The highest BCUT2D eigenvalue weighted by Crippen LogP contribution is 2.35. The van der Waals surface area contributed by atoms with Crippen molar-refractivity contribution in [3.63, 3.8) is 0 Å². The van der Waals surface area contributed by atoms with Crippen LogP contribution in [0.4, 0.5) is 13.2 Å². The van der Waals surface area contributed by atoms with Crippen LogP contribution in [0.5, 0.6) is 0 Å². The van der Waals surface area contributed by atoms with E-state index in [0.29, 0.717) is 11.6 Å². The van der Waals surface area contributed by atoms with Gasteiger partial charge >= 0.3 is 0 Å². The Balaban J connectivity index is 2.29. The van der Waals surface area contributed by atoms with Crippen LogP contribution in [0.3, 0.4) is 0 Å². The second kappa shape index (κ2) is 7.41. The average molecular weight is 404 g/mol. The molecule has 0 aliphatic heterocycles. The molecule has 0 saturated heterocycles. The monoisotopic (exact) mass is 403 g/mol. The van der Waals surface area contributed by atoms with Crippen LogP contribution in [0.2, 0.25) is 5.02 Å². The molecule has 1 heterocycles. The van der Waals surface area contributed by atoms with Crippen molar-refractivity contribution in [2.45, 2.75) is 19.4 Å². The quantitative estimate of drug-likeness (QED) is 0.533. The van der Waals surface area contributed by atoms with Gasteiger partial charge in [-0.05, 0) is 31.5 Å². The molecule has 0 amide bonds. The summed E-state index contributed by atoms with van der Waals surface area (Å²) < 4.78 is 43.1. The fourth-order valence-electron chi connectivity index (χ4n) is 2.80. The smallest absolute Gasteiger partial charge is 0.155 e. The highest BCUT2D eigenvalue weighted by Gasteiger charge is 2.27. The summed E-state index contributed by atoms with van der Waals surface area (Å²) >= 11 is 5.76. The molecule has 3 rings (SSSR count). The molecule has 0 atom stereocenters. The largest absolute Gasteiger partial charge is 0.386 e. The Hall–Kier alpha value is -2.63. The summed E-state index contributed by atoms with van der Waals surface area (Å²) in [5.74, 6) is -2.90. The zero-order valence-corrected chi connectivity index (χ0v) is 16.0. The molecule has 0 saturated carbocycles. The van der Waals surface area contributed by atoms with Crippen molar-refractivity contribution >= 4 is 17.2 Å². The molecular weight excluding hydrogens is 387 g/mol. The number of pyridine rings is 1. The number of aliphatic hydroxyl groups is 1. The first kappa shape index (κ1) is 20.1. The van der Waals surface area contributed by atoms with E-state index in [1.807, 2.05) is 6.07 Å². The molecule has 2 nitrogen and oxygen atoms in total. The Morgan fingerprint density at radius 2 is 1.68 bits per heavy atom. The molecule has 1 N–H and O–H groups in total. The van der Waals surface area contributed by atoms with Crippen LogP contribution in [-0.4, -0.2) is 10.1 Å². The van der Waals surface area contributed by atoms with Crippen LogP contribution in [0.15, 0.2) is 55.1 Å². The van der Waals surface area contributed by atoms with Crippen LogP contribution >= 0.6 is 11.6 Å². The Morgan fingerprint density at radius 3 is 2.29 bits per heavy atom. The van der Waals surface area contributed by atoms with Gasteiger partial charge in [-0.25, -0.2) is 18.2 Å². The summed E-state index contributed by atoms with van der Waals surface area (Å²) in [6.07, 6.45) is 0. The molecule has 2 aromatic carbocycles. The van der Waals surface area contributed by atoms with E-state index in [1.54, 1.807) is 24.3 Å². The maximum absolute atomic E-state index is 15.2. The summed E-state index contributed by atoms with van der Waals surface area (Å²) in [4.78, 5) is 4.22. The molecule has 0 bridgehead atoms. The predicted octanol–water partition coefficient (Wildman–Crippen LogP) is 6.11. The van der Waals surface area contributed by atoms with Gasteiger partial charge in [0.15, 0.2) is 5.82 Å². The minimum absolute atomic E-state index is 0.0931. The minimum Gasteiger partial charge on any atom is -0.386 e. The molecule has 0 spiro atoms. The summed E-state index contributed by atoms with van der Waals surface area (Å²) in [5, 5.41) is 10.0. The van der Waals surface area contributed by atoms with E-state index >= 15 is 4.39 Å². The molecular formula is C22H17ClF3NO. The molecule has 1 aromatic heterocycles. The lowest BCUT2D eigenvalue weighted by Gasteiger charge is -2.22. The van der Waals surface area contributed by atoms with Gasteiger partial charge in [-0.3, -0.25) is 0 Å². The molecule has 144 valence electrons. The summed E-state index contributed by atoms with van der Waals surface area (Å²) in [6, 6.07) is 12.0. The number of benzene rings is 2. The first-order valence-corrected chi connectivity index (χ1v) is 8.80. The van der Waals surface area contributed by atoms with E-state index in [4.69, 9.17) is 11.6 Å². The standard InChI is InChI=1S/C22H17ClF3NO/c1-12(13-7-5-4-6-8-13)19-10-15(22(2,3)28)20(26)21(27-19)14-9-16(23)18(25)11-17(14)24/h4-11,28H,1H2,2-3H3. The third kappa shape index (κ3) is 3.81. The molecule has 0 radical (unpaired) electrons. The molecule has 0 fully saturated rings. The second-order valence-electron chi connectivity index (χ2n) is 6.87. The van der Waals surface area contributed by atoms with E-state index in [9.17, 15) is 13.9 Å². The molecule has 0 aliphatic carbocycles. The molecule has 0 aliphatic rings. The van der Waals surface area contributed by atoms with Gasteiger partial charge in [0.05, 0.1) is 16.3 Å². The van der Waals surface area contributed by atoms with Gasteiger partial charge in [-0.1, -0.05) is 48.5 Å². The van der Waals surface area contributed by atoms with Gasteiger partial charge in [0.2, 0.25) is 0 Å². The van der Waals surface area contributed by atoms with E-state index < -0.39 is 23.1 Å². The second-order valence-corrected chi connectivity index (χ2v) is 7.27. The number of rotatable bonds is 4. The Kier molecular flexibility index (Phi) is 5.33. The first-order chi connectivity index (χ1) is 13.1. The van der Waals surface area contributed by atoms with E-state index in [-0.39, 0.29) is 27.5 Å². The van der Waals surface area contributed by atoms with Crippen molar-refractivity contribution in [2.24, 2.45) is 0 Å². The molecule has 6 heteroatoms. The van der Waals surface area contributed by atoms with Gasteiger partial charge in [0.25, 0.3) is 0 Å². The summed E-state index contributed by atoms with van der Waals surface area (Å²) in [5.41, 5.74) is -0.923. The van der Waals surface area contributed by atoms with Gasteiger partial charge in [-0.15, -0.1) is 0 Å². The Morgan fingerprint density at radius 1 is 1.04 bits per heavy atom. The highest BCUT2D eigenvalue weighted by molar-refractivity contribution is 6.31. The SMILES string of the molecule is C=C(c1ccccc1)c1cc(C(C)(C)O)c(F)c(-c2cc(Cl)c(F)cc2F)n1. The van der Waals surface area contributed by atoms with Crippen molar-refractivity contribution in [1.82, 2.24) is 4.98 Å². The minimum atomic E-state index is -1.58. The third-order valence-electron chi connectivity index (χ3n) is 4.31. The van der Waals surface area contributed by atoms with E-state index in [2.05, 4.69) is 11.6 Å². The van der Waals surface area contributed by atoms with Crippen molar-refractivity contribution in [3.8, 4) is 11.3 Å². The maximum Gasteiger partial charge on any atom is 0.155 e. The fraction of sp³-hybridized carbons (Fsp3) is 0.136. The number of nitrogens with zero attached hydrogens (tertiary/aromatic N) is 1. The molecule has 28 heavy (non-hydrogen) atoms.